The van der Waals surface area contributed by atoms with Crippen molar-refractivity contribution in [1.82, 2.24) is 9.55 Å². The van der Waals surface area contributed by atoms with Crippen LogP contribution in [-0.2, 0) is 0 Å². The summed E-state index contributed by atoms with van der Waals surface area (Å²) in [5.41, 5.74) is 4.32. The van der Waals surface area contributed by atoms with Crippen molar-refractivity contribution in [3.05, 3.63) is 89.7 Å². The van der Waals surface area contributed by atoms with Crippen LogP contribution >= 0.6 is 0 Å². The molecule has 3 aromatic carbocycles. The number of ether oxygens (including phenoxy) is 1. The Bertz CT molecular complexity index is 1140. The lowest BCUT2D eigenvalue weighted by molar-refractivity contribution is 0.340. The third-order valence-corrected chi connectivity index (χ3v) is 5.52. The molecular weight excluding hydrogens is 365 g/mol. The number of rotatable bonds is 4. The first-order valence-electron chi connectivity index (χ1n) is 9.94. The third-order valence-electron chi connectivity index (χ3n) is 5.52. The average molecular weight is 387 g/mol. The Morgan fingerprint density at radius 3 is 2.48 bits per heavy atom. The normalized spacial score (nSPS) is 18.3. The Labute approximate surface area is 169 Å². The molecule has 0 radical (unpaired) electrons. The zero-order valence-corrected chi connectivity index (χ0v) is 16.2. The lowest BCUT2D eigenvalue weighted by atomic mass is 9.93. The molecule has 1 aromatic heterocycles. The van der Waals surface area contributed by atoms with E-state index in [1.807, 2.05) is 49.4 Å². The molecule has 0 saturated carbocycles. The van der Waals surface area contributed by atoms with Crippen LogP contribution in [0.4, 0.5) is 10.3 Å². The zero-order chi connectivity index (χ0) is 19.8. The van der Waals surface area contributed by atoms with E-state index >= 15 is 0 Å². The highest BCUT2D eigenvalue weighted by atomic mass is 19.1. The standard InChI is InChI=1S/C24H22FN3O/c1-2-29-19-13-9-17(10-14-19)23-15-21(16-7-11-18(25)12-8-16)27-24-26-20-5-3-4-6-22(20)28(23)24/h3-14,21,23H,2,15H2,1H3,(H,26,27)/t21-,23-/m0/s1. The molecule has 2 heterocycles. The van der Waals surface area contributed by atoms with Crippen LogP contribution in [0.25, 0.3) is 11.0 Å². The van der Waals surface area contributed by atoms with Gasteiger partial charge in [-0.25, -0.2) is 9.37 Å². The molecule has 5 heteroatoms. The van der Waals surface area contributed by atoms with E-state index in [-0.39, 0.29) is 17.9 Å². The minimum atomic E-state index is -0.222. The highest BCUT2D eigenvalue weighted by Crippen LogP contribution is 2.41. The molecule has 0 bridgehead atoms. The van der Waals surface area contributed by atoms with Crippen LogP contribution in [0, 0.1) is 5.82 Å². The summed E-state index contributed by atoms with van der Waals surface area (Å²) in [5, 5.41) is 3.56. The summed E-state index contributed by atoms with van der Waals surface area (Å²) >= 11 is 0. The Kier molecular flexibility index (Phi) is 4.43. The Morgan fingerprint density at radius 1 is 1.00 bits per heavy atom. The van der Waals surface area contributed by atoms with Gasteiger partial charge in [0.1, 0.15) is 11.6 Å². The fraction of sp³-hybridized carbons (Fsp3) is 0.208. The Balaban J connectivity index is 1.60. The maximum Gasteiger partial charge on any atom is 0.204 e. The average Bonchev–Trinajstić information content (AvgIpc) is 3.13. The van der Waals surface area contributed by atoms with E-state index in [9.17, 15) is 4.39 Å². The molecule has 0 unspecified atom stereocenters. The van der Waals surface area contributed by atoms with E-state index in [0.717, 1.165) is 34.7 Å². The summed E-state index contributed by atoms with van der Waals surface area (Å²) in [7, 11) is 0. The molecule has 29 heavy (non-hydrogen) atoms. The molecular formula is C24H22FN3O. The van der Waals surface area contributed by atoms with E-state index in [4.69, 9.17) is 9.72 Å². The zero-order valence-electron chi connectivity index (χ0n) is 16.2. The number of hydrogen-bond donors (Lipinski definition) is 1. The molecule has 1 aliphatic rings. The predicted molar refractivity (Wildman–Crippen MR) is 113 cm³/mol. The number of nitrogens with one attached hydrogen (secondary N) is 1. The van der Waals surface area contributed by atoms with Crippen molar-refractivity contribution in [2.45, 2.75) is 25.4 Å². The van der Waals surface area contributed by atoms with Gasteiger partial charge in [-0.2, -0.15) is 0 Å². The van der Waals surface area contributed by atoms with Crippen molar-refractivity contribution < 1.29 is 9.13 Å². The van der Waals surface area contributed by atoms with Gasteiger partial charge in [-0.3, -0.25) is 0 Å². The SMILES string of the molecule is CCOc1ccc([C@@H]2C[C@@H](c3ccc(F)cc3)Nc3nc4ccccc4n32)cc1. The second-order valence-corrected chi connectivity index (χ2v) is 7.30. The summed E-state index contributed by atoms with van der Waals surface area (Å²) in [5.74, 6) is 1.49. The number of para-hydroxylation sites is 2. The van der Waals surface area contributed by atoms with Crippen LogP contribution in [0.2, 0.25) is 0 Å². The van der Waals surface area contributed by atoms with Gasteiger partial charge in [0.25, 0.3) is 0 Å². The number of imidazole rings is 1. The Hall–Kier alpha value is -3.34. The number of benzene rings is 3. The van der Waals surface area contributed by atoms with Gasteiger partial charge in [-0.15, -0.1) is 0 Å². The van der Waals surface area contributed by atoms with Gasteiger partial charge in [0, 0.05) is 0 Å². The predicted octanol–water partition coefficient (Wildman–Crippen LogP) is 5.72. The van der Waals surface area contributed by atoms with Crippen LogP contribution in [0.1, 0.15) is 36.6 Å². The quantitative estimate of drug-likeness (QED) is 0.487. The third kappa shape index (κ3) is 3.23. The van der Waals surface area contributed by atoms with E-state index in [0.29, 0.717) is 6.61 Å². The largest absolute Gasteiger partial charge is 0.494 e. The van der Waals surface area contributed by atoms with Crippen LogP contribution in [0.5, 0.6) is 5.75 Å². The molecule has 5 rings (SSSR count). The monoisotopic (exact) mass is 387 g/mol. The molecule has 0 aliphatic carbocycles. The molecule has 1 N–H and O–H groups in total. The minimum absolute atomic E-state index is 0.0523. The fourth-order valence-corrected chi connectivity index (χ4v) is 4.16. The van der Waals surface area contributed by atoms with Gasteiger partial charge < -0.3 is 14.6 Å². The smallest absolute Gasteiger partial charge is 0.204 e. The molecule has 1 aliphatic heterocycles. The first kappa shape index (κ1) is 17.7. The number of nitrogens with zero attached hydrogens (tertiary/aromatic N) is 2. The van der Waals surface area contributed by atoms with Gasteiger partial charge in [0.05, 0.1) is 29.7 Å². The van der Waals surface area contributed by atoms with Gasteiger partial charge in [0.15, 0.2) is 0 Å². The number of hydrogen-bond acceptors (Lipinski definition) is 3. The van der Waals surface area contributed by atoms with Crippen molar-refractivity contribution in [2.75, 3.05) is 11.9 Å². The van der Waals surface area contributed by atoms with Crippen molar-refractivity contribution in [1.29, 1.82) is 0 Å². The molecule has 2 atom stereocenters. The first-order chi connectivity index (χ1) is 14.2. The van der Waals surface area contributed by atoms with E-state index in [2.05, 4.69) is 28.1 Å². The van der Waals surface area contributed by atoms with Crippen LogP contribution < -0.4 is 10.1 Å². The van der Waals surface area contributed by atoms with Crippen LogP contribution in [0.15, 0.2) is 72.8 Å². The van der Waals surface area contributed by atoms with E-state index < -0.39 is 0 Å². The van der Waals surface area contributed by atoms with Crippen molar-refractivity contribution >= 4 is 17.0 Å². The second kappa shape index (κ2) is 7.24. The summed E-state index contributed by atoms with van der Waals surface area (Å²) in [4.78, 5) is 4.82. The van der Waals surface area contributed by atoms with E-state index in [1.165, 1.54) is 17.7 Å². The summed E-state index contributed by atoms with van der Waals surface area (Å²) in [6.07, 6.45) is 0.840. The number of halogens is 1. The molecule has 146 valence electrons. The van der Waals surface area contributed by atoms with Crippen molar-refractivity contribution in [3.8, 4) is 5.75 Å². The second-order valence-electron chi connectivity index (χ2n) is 7.30. The number of anilines is 1. The first-order valence-corrected chi connectivity index (χ1v) is 9.94. The summed E-state index contributed by atoms with van der Waals surface area (Å²) in [6, 6.07) is 23.4. The van der Waals surface area contributed by atoms with Gasteiger partial charge in [-0.1, -0.05) is 36.4 Å². The Morgan fingerprint density at radius 2 is 1.72 bits per heavy atom. The molecule has 0 saturated heterocycles. The molecule has 0 fully saturated rings. The molecule has 4 aromatic rings. The topological polar surface area (TPSA) is 39.1 Å². The summed E-state index contributed by atoms with van der Waals surface area (Å²) in [6.45, 7) is 2.63. The van der Waals surface area contributed by atoms with Crippen LogP contribution in [-0.4, -0.2) is 16.2 Å². The maximum atomic E-state index is 13.4. The number of aromatic nitrogens is 2. The maximum absolute atomic E-state index is 13.4. The molecule has 4 nitrogen and oxygen atoms in total. The lowest BCUT2D eigenvalue weighted by Crippen LogP contribution is -2.27. The highest BCUT2D eigenvalue weighted by Gasteiger charge is 2.31. The summed E-state index contributed by atoms with van der Waals surface area (Å²) < 4.78 is 21.3. The number of fused-ring (bicyclic) bond motifs is 3. The van der Waals surface area contributed by atoms with Gasteiger partial charge >= 0.3 is 0 Å². The molecule has 0 spiro atoms. The van der Waals surface area contributed by atoms with Crippen LogP contribution in [0.3, 0.4) is 0 Å². The molecule has 0 amide bonds. The fourth-order valence-electron chi connectivity index (χ4n) is 4.16. The van der Waals surface area contributed by atoms with Gasteiger partial charge in [-0.05, 0) is 60.9 Å². The minimum Gasteiger partial charge on any atom is -0.494 e. The van der Waals surface area contributed by atoms with Crippen molar-refractivity contribution in [3.63, 3.8) is 0 Å². The lowest BCUT2D eigenvalue weighted by Gasteiger charge is -2.33. The van der Waals surface area contributed by atoms with Crippen molar-refractivity contribution in [2.24, 2.45) is 0 Å². The highest BCUT2D eigenvalue weighted by molar-refractivity contribution is 5.79. The van der Waals surface area contributed by atoms with E-state index in [1.54, 1.807) is 0 Å². The van der Waals surface area contributed by atoms with Gasteiger partial charge in [0.2, 0.25) is 5.95 Å².